The summed E-state index contributed by atoms with van der Waals surface area (Å²) in [5.41, 5.74) is 0. The first kappa shape index (κ1) is 13.8. The van der Waals surface area contributed by atoms with E-state index in [4.69, 9.17) is 0 Å². The lowest BCUT2D eigenvalue weighted by Crippen LogP contribution is -2.21. The third kappa shape index (κ3) is 7.09. The van der Waals surface area contributed by atoms with Gasteiger partial charge < -0.3 is 5.32 Å². The first-order valence-electron chi connectivity index (χ1n) is 6.35. The van der Waals surface area contributed by atoms with Gasteiger partial charge in [0.05, 0.1) is 0 Å². The van der Waals surface area contributed by atoms with E-state index in [0.29, 0.717) is 6.54 Å². The molecule has 96 valence electrons. The summed E-state index contributed by atoms with van der Waals surface area (Å²) in [6, 6.07) is 0. The fourth-order valence-electron chi connectivity index (χ4n) is 2.32. The van der Waals surface area contributed by atoms with Crippen LogP contribution in [-0.2, 0) is 0 Å². The zero-order valence-electron chi connectivity index (χ0n) is 9.78. The average molecular weight is 237 g/mol. The smallest absolute Gasteiger partial charge is 0.317 e. The van der Waals surface area contributed by atoms with E-state index in [1.807, 2.05) is 0 Å². The van der Waals surface area contributed by atoms with Gasteiger partial charge in [-0.3, -0.25) is 0 Å². The van der Waals surface area contributed by atoms with Crippen LogP contribution in [0.3, 0.4) is 0 Å². The number of alkyl halides is 3. The number of halogens is 3. The summed E-state index contributed by atoms with van der Waals surface area (Å²) >= 11 is 0. The molecule has 0 aromatic carbocycles. The maximum atomic E-state index is 11.8. The van der Waals surface area contributed by atoms with E-state index in [9.17, 15) is 13.2 Å². The molecule has 0 amide bonds. The molecule has 0 radical (unpaired) electrons. The van der Waals surface area contributed by atoms with Gasteiger partial charge in [-0.15, -0.1) is 0 Å². The maximum absolute atomic E-state index is 11.8. The van der Waals surface area contributed by atoms with Crippen LogP contribution < -0.4 is 5.32 Å². The van der Waals surface area contributed by atoms with Crippen molar-refractivity contribution in [2.45, 2.75) is 57.5 Å². The van der Waals surface area contributed by atoms with Crippen LogP contribution in [0.1, 0.15) is 51.4 Å². The normalized spacial score (nSPS) is 18.9. The van der Waals surface area contributed by atoms with Crippen molar-refractivity contribution in [2.24, 2.45) is 5.92 Å². The quantitative estimate of drug-likeness (QED) is 0.691. The van der Waals surface area contributed by atoms with Crippen LogP contribution in [0.5, 0.6) is 0 Å². The molecule has 0 saturated heterocycles. The minimum atomic E-state index is -3.99. The van der Waals surface area contributed by atoms with Gasteiger partial charge in [0.15, 0.2) is 0 Å². The molecule has 0 spiro atoms. The van der Waals surface area contributed by atoms with Crippen molar-refractivity contribution in [1.82, 2.24) is 5.32 Å². The summed E-state index contributed by atoms with van der Waals surface area (Å²) in [5, 5.41) is 3.11. The largest absolute Gasteiger partial charge is 0.389 e. The number of nitrogens with one attached hydrogen (secondary N) is 1. The lowest BCUT2D eigenvalue weighted by molar-refractivity contribution is -0.135. The molecule has 4 heteroatoms. The van der Waals surface area contributed by atoms with Crippen molar-refractivity contribution < 1.29 is 13.2 Å². The van der Waals surface area contributed by atoms with Gasteiger partial charge in [-0.2, -0.15) is 13.2 Å². The van der Waals surface area contributed by atoms with Crippen molar-refractivity contribution in [3.63, 3.8) is 0 Å². The van der Waals surface area contributed by atoms with Crippen LogP contribution in [0.2, 0.25) is 0 Å². The highest BCUT2D eigenvalue weighted by Gasteiger charge is 2.25. The Morgan fingerprint density at radius 3 is 2.31 bits per heavy atom. The second-order valence-electron chi connectivity index (χ2n) is 4.76. The number of hydrogen-bond donors (Lipinski definition) is 1. The van der Waals surface area contributed by atoms with Gasteiger partial charge in [0.25, 0.3) is 0 Å². The SMILES string of the molecule is FC(F)(F)CCCNCCC1CCCCC1. The molecule has 0 aromatic rings. The third-order valence-electron chi connectivity index (χ3n) is 3.27. The van der Waals surface area contributed by atoms with E-state index in [1.54, 1.807) is 0 Å². The van der Waals surface area contributed by atoms with E-state index < -0.39 is 12.6 Å². The Morgan fingerprint density at radius 2 is 1.69 bits per heavy atom. The van der Waals surface area contributed by atoms with E-state index in [-0.39, 0.29) is 6.42 Å². The van der Waals surface area contributed by atoms with Gasteiger partial charge in [-0.05, 0) is 31.8 Å². The minimum absolute atomic E-state index is 0.203. The van der Waals surface area contributed by atoms with Gasteiger partial charge in [-0.25, -0.2) is 0 Å². The lowest BCUT2D eigenvalue weighted by Gasteiger charge is -2.21. The molecule has 0 heterocycles. The Hall–Kier alpha value is -0.250. The van der Waals surface area contributed by atoms with Gasteiger partial charge in [0.2, 0.25) is 0 Å². The lowest BCUT2D eigenvalue weighted by atomic mass is 9.87. The van der Waals surface area contributed by atoms with Gasteiger partial charge in [-0.1, -0.05) is 32.1 Å². The van der Waals surface area contributed by atoms with Crippen molar-refractivity contribution in [3.8, 4) is 0 Å². The zero-order chi connectivity index (χ0) is 11.9. The molecule has 0 aliphatic heterocycles. The molecule has 1 saturated carbocycles. The fraction of sp³-hybridized carbons (Fsp3) is 1.00. The van der Waals surface area contributed by atoms with Gasteiger partial charge in [0, 0.05) is 6.42 Å². The predicted octanol–water partition coefficient (Wildman–Crippen LogP) is 3.89. The maximum Gasteiger partial charge on any atom is 0.389 e. The monoisotopic (exact) mass is 237 g/mol. The molecule has 16 heavy (non-hydrogen) atoms. The molecule has 1 N–H and O–H groups in total. The zero-order valence-corrected chi connectivity index (χ0v) is 9.78. The molecule has 1 aliphatic rings. The number of rotatable bonds is 6. The van der Waals surface area contributed by atoms with Crippen molar-refractivity contribution >= 4 is 0 Å². The highest BCUT2D eigenvalue weighted by Crippen LogP contribution is 2.25. The molecule has 1 fully saturated rings. The molecule has 0 atom stereocenters. The van der Waals surface area contributed by atoms with Crippen LogP contribution in [0.25, 0.3) is 0 Å². The molecular formula is C12H22F3N. The Balaban J connectivity index is 1.87. The molecular weight excluding hydrogens is 215 g/mol. The standard InChI is InChI=1S/C12H22F3N/c13-12(14,15)8-4-9-16-10-7-11-5-2-1-3-6-11/h11,16H,1-10H2. The van der Waals surface area contributed by atoms with E-state index in [0.717, 1.165) is 18.9 Å². The van der Waals surface area contributed by atoms with Crippen LogP contribution in [-0.4, -0.2) is 19.3 Å². The Labute approximate surface area is 95.8 Å². The van der Waals surface area contributed by atoms with Crippen LogP contribution in [0.4, 0.5) is 13.2 Å². The first-order chi connectivity index (χ1) is 7.58. The summed E-state index contributed by atoms with van der Waals surface area (Å²) in [4.78, 5) is 0. The van der Waals surface area contributed by atoms with Crippen molar-refractivity contribution in [3.05, 3.63) is 0 Å². The van der Waals surface area contributed by atoms with E-state index in [2.05, 4.69) is 5.32 Å². The summed E-state index contributed by atoms with van der Waals surface area (Å²) in [6.07, 6.45) is 3.32. The summed E-state index contributed by atoms with van der Waals surface area (Å²) < 4.78 is 35.5. The third-order valence-corrected chi connectivity index (χ3v) is 3.27. The number of hydrogen-bond acceptors (Lipinski definition) is 1. The molecule has 0 bridgehead atoms. The fourth-order valence-corrected chi connectivity index (χ4v) is 2.32. The molecule has 1 aliphatic carbocycles. The van der Waals surface area contributed by atoms with Gasteiger partial charge >= 0.3 is 6.18 Å². The van der Waals surface area contributed by atoms with Crippen molar-refractivity contribution in [2.75, 3.05) is 13.1 Å². The Morgan fingerprint density at radius 1 is 1.00 bits per heavy atom. The van der Waals surface area contributed by atoms with E-state index in [1.165, 1.54) is 32.1 Å². The second kappa shape index (κ2) is 7.15. The minimum Gasteiger partial charge on any atom is -0.317 e. The second-order valence-corrected chi connectivity index (χ2v) is 4.76. The first-order valence-corrected chi connectivity index (χ1v) is 6.35. The van der Waals surface area contributed by atoms with E-state index >= 15 is 0 Å². The molecule has 0 unspecified atom stereocenters. The summed E-state index contributed by atoms with van der Waals surface area (Å²) in [6.45, 7) is 1.37. The molecule has 1 rings (SSSR count). The topological polar surface area (TPSA) is 12.0 Å². The Bertz CT molecular complexity index is 174. The highest BCUT2D eigenvalue weighted by atomic mass is 19.4. The van der Waals surface area contributed by atoms with Gasteiger partial charge in [0.1, 0.15) is 0 Å². The molecule has 0 aromatic heterocycles. The highest BCUT2D eigenvalue weighted by molar-refractivity contribution is 4.66. The van der Waals surface area contributed by atoms with Crippen LogP contribution in [0, 0.1) is 5.92 Å². The summed E-state index contributed by atoms with van der Waals surface area (Å²) in [5.74, 6) is 0.809. The van der Waals surface area contributed by atoms with Crippen LogP contribution in [0.15, 0.2) is 0 Å². The summed E-state index contributed by atoms with van der Waals surface area (Å²) in [7, 11) is 0. The predicted molar refractivity (Wildman–Crippen MR) is 59.4 cm³/mol. The van der Waals surface area contributed by atoms with Crippen LogP contribution >= 0.6 is 0 Å². The Kier molecular flexibility index (Phi) is 6.17. The van der Waals surface area contributed by atoms with Crippen molar-refractivity contribution in [1.29, 1.82) is 0 Å². The molecule has 1 nitrogen and oxygen atoms in total. The average Bonchev–Trinajstić information content (AvgIpc) is 2.23.